The summed E-state index contributed by atoms with van der Waals surface area (Å²) in [6.07, 6.45) is 4.02. The highest BCUT2D eigenvalue weighted by Crippen LogP contribution is 2.30. The van der Waals surface area contributed by atoms with Gasteiger partial charge in [0.1, 0.15) is 0 Å². The molecule has 1 heterocycles. The molecule has 1 fully saturated rings. The van der Waals surface area contributed by atoms with E-state index in [-0.39, 0.29) is 0 Å². The smallest absolute Gasteiger partial charge is 0.00206 e. The maximum Gasteiger partial charge on any atom is 0.00206 e. The van der Waals surface area contributed by atoms with E-state index >= 15 is 0 Å². The largest absolute Gasteiger partial charge is 0.316 e. The summed E-state index contributed by atoms with van der Waals surface area (Å²) in [4.78, 5) is 0. The van der Waals surface area contributed by atoms with Crippen molar-refractivity contribution in [2.24, 2.45) is 23.2 Å². The monoisotopic (exact) mass is 254 g/mol. The lowest BCUT2D eigenvalue weighted by Gasteiger charge is -2.31. The van der Waals surface area contributed by atoms with Crippen LogP contribution >= 0.6 is 0 Å². The minimum absolute atomic E-state index is 0.535. The molecule has 0 aliphatic carbocycles. The molecule has 1 aliphatic heterocycles. The summed E-state index contributed by atoms with van der Waals surface area (Å²) in [6.45, 7) is 16.5. The van der Waals surface area contributed by atoms with Gasteiger partial charge >= 0.3 is 0 Å². The van der Waals surface area contributed by atoms with Gasteiger partial charge in [-0.1, -0.05) is 41.0 Å². The van der Waals surface area contributed by atoms with Crippen molar-refractivity contribution in [1.82, 2.24) is 10.6 Å². The van der Waals surface area contributed by atoms with Crippen molar-refractivity contribution in [3.63, 3.8) is 0 Å². The number of nitrogens with one attached hydrogen (secondary N) is 2. The lowest BCUT2D eigenvalue weighted by Crippen LogP contribution is -2.39. The molecular formula is C16H34N2. The summed E-state index contributed by atoms with van der Waals surface area (Å²) < 4.78 is 0. The van der Waals surface area contributed by atoms with Crippen LogP contribution in [0.1, 0.15) is 53.9 Å². The maximum atomic E-state index is 3.78. The molecule has 0 radical (unpaired) electrons. The summed E-state index contributed by atoms with van der Waals surface area (Å²) in [6, 6.07) is 0. The van der Waals surface area contributed by atoms with Gasteiger partial charge in [-0.15, -0.1) is 0 Å². The van der Waals surface area contributed by atoms with Crippen LogP contribution in [0.2, 0.25) is 0 Å². The fourth-order valence-corrected chi connectivity index (χ4v) is 3.52. The molecule has 1 aliphatic rings. The molecule has 2 N–H and O–H groups in total. The molecule has 2 nitrogen and oxygen atoms in total. The van der Waals surface area contributed by atoms with Crippen molar-refractivity contribution in [1.29, 1.82) is 0 Å². The molecule has 1 saturated heterocycles. The Kier molecular flexibility index (Phi) is 6.65. The first-order chi connectivity index (χ1) is 8.51. The number of hydrogen-bond acceptors (Lipinski definition) is 2. The Balaban J connectivity index is 2.38. The Hall–Kier alpha value is -0.0800. The quantitative estimate of drug-likeness (QED) is 0.694. The van der Waals surface area contributed by atoms with Gasteiger partial charge < -0.3 is 10.6 Å². The molecule has 108 valence electrons. The second-order valence-corrected chi connectivity index (χ2v) is 6.96. The van der Waals surface area contributed by atoms with Crippen LogP contribution in [0.3, 0.4) is 0 Å². The molecule has 18 heavy (non-hydrogen) atoms. The molecule has 1 unspecified atom stereocenters. The molecule has 0 aromatic heterocycles. The molecule has 0 aromatic carbocycles. The van der Waals surface area contributed by atoms with Crippen LogP contribution in [-0.4, -0.2) is 26.2 Å². The predicted octanol–water partition coefficient (Wildman–Crippen LogP) is 3.28. The van der Waals surface area contributed by atoms with Crippen LogP contribution in [0, 0.1) is 23.2 Å². The lowest BCUT2D eigenvalue weighted by molar-refractivity contribution is 0.234. The molecule has 0 amide bonds. The highest BCUT2D eigenvalue weighted by Gasteiger charge is 2.32. The molecule has 2 heteroatoms. The number of rotatable bonds is 8. The van der Waals surface area contributed by atoms with Crippen LogP contribution < -0.4 is 10.6 Å². The van der Waals surface area contributed by atoms with Crippen LogP contribution in [-0.2, 0) is 0 Å². The van der Waals surface area contributed by atoms with Gasteiger partial charge in [0.25, 0.3) is 0 Å². The third-order valence-corrected chi connectivity index (χ3v) is 4.71. The average molecular weight is 254 g/mol. The molecule has 0 spiro atoms. The van der Waals surface area contributed by atoms with Crippen LogP contribution in [0.5, 0.6) is 0 Å². The standard InChI is InChI=1S/C16H34N2/c1-6-7-16(8-9-17-11-16)12-18-10-15(13(2)3)14(4)5/h13-15,17-18H,6-12H2,1-5H3. The fraction of sp³-hybridized carbons (Fsp3) is 1.00. The molecule has 0 bridgehead atoms. The topological polar surface area (TPSA) is 24.1 Å². The molecule has 1 rings (SSSR count). The zero-order valence-corrected chi connectivity index (χ0v) is 13.2. The van der Waals surface area contributed by atoms with Crippen molar-refractivity contribution in [3.8, 4) is 0 Å². The van der Waals surface area contributed by atoms with E-state index in [1.807, 2.05) is 0 Å². The second-order valence-electron chi connectivity index (χ2n) is 6.96. The van der Waals surface area contributed by atoms with Crippen LogP contribution in [0.25, 0.3) is 0 Å². The van der Waals surface area contributed by atoms with Crippen molar-refractivity contribution >= 4 is 0 Å². The predicted molar refractivity (Wildman–Crippen MR) is 80.9 cm³/mol. The van der Waals surface area contributed by atoms with E-state index in [0.717, 1.165) is 17.8 Å². The van der Waals surface area contributed by atoms with Gasteiger partial charge in [0.15, 0.2) is 0 Å². The molecule has 0 aromatic rings. The average Bonchev–Trinajstić information content (AvgIpc) is 2.73. The Morgan fingerprint density at radius 1 is 1.17 bits per heavy atom. The van der Waals surface area contributed by atoms with E-state index in [0.29, 0.717) is 5.41 Å². The normalized spacial score (nSPS) is 24.7. The first-order valence-electron chi connectivity index (χ1n) is 7.92. The van der Waals surface area contributed by atoms with Crippen molar-refractivity contribution in [2.45, 2.75) is 53.9 Å². The first kappa shape index (κ1) is 16.0. The van der Waals surface area contributed by atoms with Crippen LogP contribution in [0.15, 0.2) is 0 Å². The van der Waals surface area contributed by atoms with Crippen LogP contribution in [0.4, 0.5) is 0 Å². The second kappa shape index (κ2) is 7.49. The van der Waals surface area contributed by atoms with E-state index < -0.39 is 0 Å². The van der Waals surface area contributed by atoms with E-state index in [9.17, 15) is 0 Å². The maximum absolute atomic E-state index is 3.78. The zero-order valence-electron chi connectivity index (χ0n) is 13.2. The summed E-state index contributed by atoms with van der Waals surface area (Å²) in [5.74, 6) is 2.36. The van der Waals surface area contributed by atoms with Gasteiger partial charge in [-0.05, 0) is 49.1 Å². The Morgan fingerprint density at radius 3 is 2.28 bits per heavy atom. The molecule has 0 saturated carbocycles. The highest BCUT2D eigenvalue weighted by molar-refractivity contribution is 4.89. The van der Waals surface area contributed by atoms with E-state index in [1.165, 1.54) is 45.4 Å². The number of hydrogen-bond donors (Lipinski definition) is 2. The molecule has 1 atom stereocenters. The third kappa shape index (κ3) is 4.55. The van der Waals surface area contributed by atoms with E-state index in [1.54, 1.807) is 0 Å². The lowest BCUT2D eigenvalue weighted by atomic mass is 9.81. The Bertz CT molecular complexity index is 209. The highest BCUT2D eigenvalue weighted by atomic mass is 15.0. The summed E-state index contributed by atoms with van der Waals surface area (Å²) in [7, 11) is 0. The molecular weight excluding hydrogens is 220 g/mol. The first-order valence-corrected chi connectivity index (χ1v) is 7.92. The minimum atomic E-state index is 0.535. The van der Waals surface area contributed by atoms with Gasteiger partial charge in [-0.25, -0.2) is 0 Å². The SMILES string of the molecule is CCCC1(CNCC(C(C)C)C(C)C)CCNC1. The summed E-state index contributed by atoms with van der Waals surface area (Å²) in [5, 5.41) is 7.32. The van der Waals surface area contributed by atoms with Gasteiger partial charge in [-0.2, -0.15) is 0 Å². The van der Waals surface area contributed by atoms with E-state index in [2.05, 4.69) is 45.3 Å². The van der Waals surface area contributed by atoms with E-state index in [4.69, 9.17) is 0 Å². The Morgan fingerprint density at radius 2 is 1.83 bits per heavy atom. The summed E-state index contributed by atoms with van der Waals surface area (Å²) in [5.41, 5.74) is 0.535. The van der Waals surface area contributed by atoms with Gasteiger partial charge in [0.05, 0.1) is 0 Å². The van der Waals surface area contributed by atoms with Crippen molar-refractivity contribution < 1.29 is 0 Å². The fourth-order valence-electron chi connectivity index (χ4n) is 3.52. The van der Waals surface area contributed by atoms with Gasteiger partial charge in [-0.3, -0.25) is 0 Å². The van der Waals surface area contributed by atoms with Gasteiger partial charge in [0.2, 0.25) is 0 Å². The van der Waals surface area contributed by atoms with Gasteiger partial charge in [0, 0.05) is 13.1 Å². The summed E-state index contributed by atoms with van der Waals surface area (Å²) >= 11 is 0. The zero-order chi connectivity index (χ0) is 13.6. The Labute approximate surface area is 114 Å². The third-order valence-electron chi connectivity index (χ3n) is 4.71. The van der Waals surface area contributed by atoms with Crippen molar-refractivity contribution in [3.05, 3.63) is 0 Å². The minimum Gasteiger partial charge on any atom is -0.316 e. The van der Waals surface area contributed by atoms with Crippen molar-refractivity contribution in [2.75, 3.05) is 26.2 Å².